The zero-order valence-electron chi connectivity index (χ0n) is 17.5. The number of carbonyl (C=O) groups excluding carboxylic acids is 1. The smallest absolute Gasteiger partial charge is 0.184 e. The molecule has 2 nitrogen and oxygen atoms in total. The van der Waals surface area contributed by atoms with E-state index in [0.29, 0.717) is 11.3 Å². The first-order chi connectivity index (χ1) is 12.0. The van der Waals surface area contributed by atoms with Crippen molar-refractivity contribution in [2.75, 3.05) is 0 Å². The lowest BCUT2D eigenvalue weighted by Gasteiger charge is -2.59. The largest absolute Gasteiger partial charge is 0.412 e. The van der Waals surface area contributed by atoms with Gasteiger partial charge in [-0.15, -0.1) is 0 Å². The fraction of sp³-hybridized carbons (Fsp3) is 0.783. The fourth-order valence-corrected chi connectivity index (χ4v) is 8.95. The molecule has 0 saturated heterocycles. The summed E-state index contributed by atoms with van der Waals surface area (Å²) in [6.07, 6.45) is 13.5. The van der Waals surface area contributed by atoms with Gasteiger partial charge in [-0.2, -0.15) is 0 Å². The highest BCUT2D eigenvalue weighted by Crippen LogP contribution is 2.67. The molecule has 6 atom stereocenters. The molecule has 0 amide bonds. The molecule has 26 heavy (non-hydrogen) atoms. The normalized spacial score (nSPS) is 47.8. The first-order valence-electron chi connectivity index (χ1n) is 10.6. The molecule has 4 aliphatic rings. The van der Waals surface area contributed by atoms with Crippen LogP contribution in [0.25, 0.3) is 0 Å². The van der Waals surface area contributed by atoms with E-state index in [0.717, 1.165) is 18.3 Å². The maximum absolute atomic E-state index is 11.9. The van der Waals surface area contributed by atoms with Gasteiger partial charge in [-0.1, -0.05) is 25.5 Å². The highest BCUT2D eigenvalue weighted by Gasteiger charge is 2.63. The van der Waals surface area contributed by atoms with Crippen molar-refractivity contribution >= 4 is 14.1 Å². The standard InChI is InChI=1S/C23H36O2Si/c1-21-12-9-17(24)15-16(21)7-8-18-19(21)10-13-22(2)20(18)11-14-23(22,3)25-26(4,5)6/h9,12,15,18-20H,7-8,10-11,13-14H2,1-6H3/t18-,19+,20+,21+,22+,23-/m1/s1. The van der Waals surface area contributed by atoms with Crippen molar-refractivity contribution < 1.29 is 9.22 Å². The second kappa shape index (κ2) is 5.67. The van der Waals surface area contributed by atoms with Crippen molar-refractivity contribution in [1.29, 1.82) is 0 Å². The summed E-state index contributed by atoms with van der Waals surface area (Å²) >= 11 is 0. The Morgan fingerprint density at radius 2 is 1.73 bits per heavy atom. The van der Waals surface area contributed by atoms with Crippen molar-refractivity contribution in [2.24, 2.45) is 28.6 Å². The molecule has 4 aliphatic carbocycles. The van der Waals surface area contributed by atoms with Gasteiger partial charge in [0.1, 0.15) is 0 Å². The predicted octanol–water partition coefficient (Wildman–Crippen LogP) is 5.90. The van der Waals surface area contributed by atoms with Gasteiger partial charge in [0.15, 0.2) is 14.1 Å². The van der Waals surface area contributed by atoms with Crippen molar-refractivity contribution in [2.45, 2.75) is 84.5 Å². The van der Waals surface area contributed by atoms with E-state index < -0.39 is 8.32 Å². The first-order valence-corrected chi connectivity index (χ1v) is 14.0. The second-order valence-electron chi connectivity index (χ2n) is 11.0. The van der Waals surface area contributed by atoms with Crippen LogP contribution >= 0.6 is 0 Å². The fourth-order valence-electron chi connectivity index (χ4n) is 7.27. The molecule has 0 aliphatic heterocycles. The van der Waals surface area contributed by atoms with Crippen LogP contribution < -0.4 is 0 Å². The lowest BCUT2D eigenvalue weighted by molar-refractivity contribution is -0.112. The number of rotatable bonds is 2. The van der Waals surface area contributed by atoms with Crippen LogP contribution in [0.5, 0.6) is 0 Å². The molecule has 3 saturated carbocycles. The summed E-state index contributed by atoms with van der Waals surface area (Å²) in [5.41, 5.74) is 1.86. The number of fused-ring (bicyclic) bond motifs is 5. The number of hydrogen-bond acceptors (Lipinski definition) is 2. The number of hydrogen-bond donors (Lipinski definition) is 0. The van der Waals surface area contributed by atoms with Gasteiger partial charge in [-0.05, 0) is 100 Å². The van der Waals surface area contributed by atoms with Crippen LogP contribution in [0.4, 0.5) is 0 Å². The van der Waals surface area contributed by atoms with Crippen molar-refractivity contribution in [3.8, 4) is 0 Å². The number of allylic oxidation sites excluding steroid dienone is 4. The Hall–Kier alpha value is -0.673. The molecular weight excluding hydrogens is 336 g/mol. The SMILES string of the molecule is C[C@]12C=CC(=O)C=C1CC[C@@H]1[C@@H]2CC[C@@]2(C)[C@H]1CC[C@@]2(C)O[Si](C)(C)C. The Morgan fingerprint density at radius 3 is 2.42 bits per heavy atom. The average molecular weight is 373 g/mol. The Balaban J connectivity index is 1.65. The predicted molar refractivity (Wildman–Crippen MR) is 109 cm³/mol. The van der Waals surface area contributed by atoms with Gasteiger partial charge in [-0.25, -0.2) is 0 Å². The van der Waals surface area contributed by atoms with Crippen LogP contribution in [0.2, 0.25) is 19.6 Å². The van der Waals surface area contributed by atoms with Crippen LogP contribution in [0, 0.1) is 28.6 Å². The molecule has 3 heteroatoms. The maximum atomic E-state index is 11.9. The Bertz CT molecular complexity index is 687. The van der Waals surface area contributed by atoms with E-state index >= 15 is 0 Å². The van der Waals surface area contributed by atoms with E-state index in [1.165, 1.54) is 37.7 Å². The zero-order valence-corrected chi connectivity index (χ0v) is 18.5. The van der Waals surface area contributed by atoms with Gasteiger partial charge in [0.2, 0.25) is 0 Å². The maximum Gasteiger partial charge on any atom is 0.184 e. The minimum Gasteiger partial charge on any atom is -0.412 e. The third-order valence-corrected chi connectivity index (χ3v) is 9.68. The molecule has 0 spiro atoms. The molecule has 0 N–H and O–H groups in total. The Labute approximate surface area is 160 Å². The van der Waals surface area contributed by atoms with Crippen LogP contribution in [0.3, 0.4) is 0 Å². The summed E-state index contributed by atoms with van der Waals surface area (Å²) in [6.45, 7) is 14.4. The van der Waals surface area contributed by atoms with Crippen molar-refractivity contribution in [3.05, 3.63) is 23.8 Å². The summed E-state index contributed by atoms with van der Waals surface area (Å²) in [7, 11) is -1.57. The highest BCUT2D eigenvalue weighted by atomic mass is 28.4. The molecule has 0 aromatic heterocycles. The van der Waals surface area contributed by atoms with Gasteiger partial charge in [0, 0.05) is 5.41 Å². The minimum absolute atomic E-state index is 0.0441. The average Bonchev–Trinajstić information content (AvgIpc) is 2.77. The van der Waals surface area contributed by atoms with Gasteiger partial charge >= 0.3 is 0 Å². The monoisotopic (exact) mass is 372 g/mol. The Kier molecular flexibility index (Phi) is 4.07. The molecule has 0 bridgehead atoms. The van der Waals surface area contributed by atoms with Crippen LogP contribution in [0.1, 0.15) is 59.3 Å². The van der Waals surface area contributed by atoms with E-state index in [4.69, 9.17) is 4.43 Å². The van der Waals surface area contributed by atoms with E-state index in [9.17, 15) is 4.79 Å². The Morgan fingerprint density at radius 1 is 1.04 bits per heavy atom. The molecule has 0 aromatic rings. The third kappa shape index (κ3) is 2.57. The van der Waals surface area contributed by atoms with Crippen molar-refractivity contribution in [1.82, 2.24) is 0 Å². The lowest BCUT2D eigenvalue weighted by Crippen LogP contribution is -2.56. The number of ketones is 1. The first kappa shape index (κ1) is 18.7. The van der Waals surface area contributed by atoms with Gasteiger partial charge in [-0.3, -0.25) is 4.79 Å². The van der Waals surface area contributed by atoms with E-state index in [1.54, 1.807) is 0 Å². The third-order valence-electron chi connectivity index (χ3n) is 8.62. The summed E-state index contributed by atoms with van der Waals surface area (Å²) in [6, 6.07) is 0. The number of carbonyl (C=O) groups is 1. The zero-order chi connectivity index (χ0) is 19.0. The molecule has 0 aromatic carbocycles. The van der Waals surface area contributed by atoms with Crippen LogP contribution in [-0.4, -0.2) is 19.7 Å². The lowest BCUT2D eigenvalue weighted by atomic mass is 9.47. The van der Waals surface area contributed by atoms with Gasteiger partial charge in [0.05, 0.1) is 5.60 Å². The summed E-state index contributed by atoms with van der Waals surface area (Å²) in [5.74, 6) is 2.43. The molecule has 0 unspecified atom stereocenters. The molecule has 3 fully saturated rings. The van der Waals surface area contributed by atoms with Gasteiger partial charge < -0.3 is 4.43 Å². The summed E-state index contributed by atoms with van der Waals surface area (Å²) in [5, 5.41) is 0. The molecular formula is C23H36O2Si. The van der Waals surface area contributed by atoms with Crippen molar-refractivity contribution in [3.63, 3.8) is 0 Å². The van der Waals surface area contributed by atoms with Crippen LogP contribution in [-0.2, 0) is 9.22 Å². The topological polar surface area (TPSA) is 26.3 Å². The quantitative estimate of drug-likeness (QED) is 0.564. The summed E-state index contributed by atoms with van der Waals surface area (Å²) in [4.78, 5) is 11.9. The van der Waals surface area contributed by atoms with E-state index in [1.807, 2.05) is 12.2 Å². The van der Waals surface area contributed by atoms with E-state index in [-0.39, 0.29) is 16.8 Å². The molecule has 0 radical (unpaired) electrons. The highest BCUT2D eigenvalue weighted by molar-refractivity contribution is 6.69. The summed E-state index contributed by atoms with van der Waals surface area (Å²) < 4.78 is 6.85. The molecule has 144 valence electrons. The van der Waals surface area contributed by atoms with Gasteiger partial charge in [0.25, 0.3) is 0 Å². The van der Waals surface area contributed by atoms with E-state index in [2.05, 4.69) is 46.5 Å². The van der Waals surface area contributed by atoms with Crippen LogP contribution in [0.15, 0.2) is 23.8 Å². The second-order valence-corrected chi connectivity index (χ2v) is 15.5. The molecule has 4 rings (SSSR count). The minimum atomic E-state index is -1.57. The molecule has 0 heterocycles.